The van der Waals surface area contributed by atoms with Crippen LogP contribution in [0.5, 0.6) is 11.5 Å². The molecule has 1 unspecified atom stereocenters. The monoisotopic (exact) mass is 316 g/mol. The number of hydrogen-bond donors (Lipinski definition) is 2. The van der Waals surface area contributed by atoms with Gasteiger partial charge in [0.25, 0.3) is 0 Å². The van der Waals surface area contributed by atoms with Gasteiger partial charge in [-0.2, -0.15) is 0 Å². The quantitative estimate of drug-likeness (QED) is 0.857. The first-order valence-corrected chi connectivity index (χ1v) is 7.20. The van der Waals surface area contributed by atoms with Crippen molar-refractivity contribution >= 4 is 5.97 Å². The van der Waals surface area contributed by atoms with Gasteiger partial charge in [0, 0.05) is 0 Å². The molecule has 2 aromatic carbocycles. The Morgan fingerprint density at radius 2 is 1.65 bits per heavy atom. The third-order valence-corrected chi connectivity index (χ3v) is 3.57. The average Bonchev–Trinajstić information content (AvgIpc) is 2.53. The van der Waals surface area contributed by atoms with Crippen LogP contribution in [0.2, 0.25) is 0 Å². The fourth-order valence-electron chi connectivity index (χ4n) is 2.48. The molecule has 0 bridgehead atoms. The maximum atomic E-state index is 10.6. The second-order valence-electron chi connectivity index (χ2n) is 5.34. The third kappa shape index (κ3) is 4.02. The van der Waals surface area contributed by atoms with Crippen LogP contribution >= 0.6 is 0 Å². The van der Waals surface area contributed by atoms with Crippen molar-refractivity contribution in [3.63, 3.8) is 0 Å². The molecular weight excluding hydrogens is 296 g/mol. The highest BCUT2D eigenvalue weighted by Crippen LogP contribution is 2.30. The SMILES string of the molecule is COc1ccc(C(O)c2cc(C)c(OCC(=O)O)c(C)c2)cc1. The molecule has 2 rings (SSSR count). The molecule has 0 fully saturated rings. The predicted molar refractivity (Wildman–Crippen MR) is 86.1 cm³/mol. The van der Waals surface area contributed by atoms with Crippen molar-refractivity contribution in [2.24, 2.45) is 0 Å². The summed E-state index contributed by atoms with van der Waals surface area (Å²) in [7, 11) is 1.59. The highest BCUT2D eigenvalue weighted by molar-refractivity contribution is 5.68. The van der Waals surface area contributed by atoms with Gasteiger partial charge in [0.05, 0.1) is 7.11 Å². The minimum atomic E-state index is -1.02. The number of carboxylic acids is 1. The Morgan fingerprint density at radius 3 is 2.13 bits per heavy atom. The number of hydrogen-bond acceptors (Lipinski definition) is 4. The lowest BCUT2D eigenvalue weighted by Gasteiger charge is -2.17. The summed E-state index contributed by atoms with van der Waals surface area (Å²) in [6.07, 6.45) is -0.771. The molecule has 0 spiro atoms. The number of methoxy groups -OCH3 is 1. The van der Waals surface area contributed by atoms with Crippen LogP contribution in [0.25, 0.3) is 0 Å². The van der Waals surface area contributed by atoms with E-state index in [1.54, 1.807) is 31.4 Å². The smallest absolute Gasteiger partial charge is 0.341 e. The van der Waals surface area contributed by atoms with E-state index in [-0.39, 0.29) is 6.61 Å². The lowest BCUT2D eigenvalue weighted by molar-refractivity contribution is -0.139. The zero-order chi connectivity index (χ0) is 17.0. The fraction of sp³-hybridized carbons (Fsp3) is 0.278. The molecule has 23 heavy (non-hydrogen) atoms. The van der Waals surface area contributed by atoms with Crippen molar-refractivity contribution in [1.29, 1.82) is 0 Å². The number of aliphatic hydroxyl groups excluding tert-OH is 1. The van der Waals surface area contributed by atoms with E-state index >= 15 is 0 Å². The summed E-state index contributed by atoms with van der Waals surface area (Å²) in [5, 5.41) is 19.3. The first kappa shape index (κ1) is 16.8. The number of aryl methyl sites for hydroxylation is 2. The van der Waals surface area contributed by atoms with Crippen molar-refractivity contribution in [3.05, 3.63) is 58.7 Å². The molecule has 2 aromatic rings. The van der Waals surface area contributed by atoms with Crippen molar-refractivity contribution in [3.8, 4) is 11.5 Å². The Labute approximate surface area is 135 Å². The van der Waals surface area contributed by atoms with E-state index in [0.717, 1.165) is 28.0 Å². The molecule has 122 valence electrons. The van der Waals surface area contributed by atoms with Gasteiger partial charge in [0.15, 0.2) is 6.61 Å². The zero-order valence-electron chi connectivity index (χ0n) is 13.4. The summed E-state index contributed by atoms with van der Waals surface area (Å²) in [5.41, 5.74) is 3.05. The normalized spacial score (nSPS) is 11.8. The second-order valence-corrected chi connectivity index (χ2v) is 5.34. The Balaban J connectivity index is 2.26. The topological polar surface area (TPSA) is 76.0 Å². The Morgan fingerprint density at radius 1 is 1.09 bits per heavy atom. The minimum Gasteiger partial charge on any atom is -0.497 e. The van der Waals surface area contributed by atoms with E-state index in [4.69, 9.17) is 14.6 Å². The molecule has 2 N–H and O–H groups in total. The van der Waals surface area contributed by atoms with Gasteiger partial charge in [-0.15, -0.1) is 0 Å². The van der Waals surface area contributed by atoms with Crippen LogP contribution in [0.4, 0.5) is 0 Å². The fourth-order valence-corrected chi connectivity index (χ4v) is 2.48. The number of benzene rings is 2. The van der Waals surface area contributed by atoms with Crippen molar-refractivity contribution in [2.75, 3.05) is 13.7 Å². The number of carbonyl (C=O) groups is 1. The van der Waals surface area contributed by atoms with Crippen molar-refractivity contribution < 1.29 is 24.5 Å². The zero-order valence-corrected chi connectivity index (χ0v) is 13.4. The molecule has 1 atom stereocenters. The molecule has 0 aliphatic carbocycles. The third-order valence-electron chi connectivity index (χ3n) is 3.57. The Hall–Kier alpha value is -2.53. The van der Waals surface area contributed by atoms with Gasteiger partial charge in [-0.3, -0.25) is 0 Å². The van der Waals surface area contributed by atoms with Crippen molar-refractivity contribution in [1.82, 2.24) is 0 Å². The lowest BCUT2D eigenvalue weighted by Crippen LogP contribution is -2.11. The van der Waals surface area contributed by atoms with Crippen LogP contribution in [0.15, 0.2) is 36.4 Å². The van der Waals surface area contributed by atoms with E-state index in [1.807, 2.05) is 26.0 Å². The summed E-state index contributed by atoms with van der Waals surface area (Å²) in [5.74, 6) is 0.245. The number of ether oxygens (including phenoxy) is 2. The summed E-state index contributed by atoms with van der Waals surface area (Å²) in [6.45, 7) is 3.27. The second kappa shape index (κ2) is 7.15. The van der Waals surface area contributed by atoms with E-state index in [0.29, 0.717) is 5.75 Å². The van der Waals surface area contributed by atoms with Gasteiger partial charge in [0.2, 0.25) is 0 Å². The molecule has 5 heteroatoms. The predicted octanol–water partition coefficient (Wildman–Crippen LogP) is 2.86. The minimum absolute atomic E-state index is 0.387. The maximum Gasteiger partial charge on any atom is 0.341 e. The molecule has 0 aliphatic heterocycles. The number of carboxylic acid groups (broad SMARTS) is 1. The average molecular weight is 316 g/mol. The molecule has 0 heterocycles. The van der Waals surface area contributed by atoms with E-state index in [2.05, 4.69) is 0 Å². The van der Waals surface area contributed by atoms with Gasteiger partial charge < -0.3 is 19.7 Å². The molecule has 0 saturated carbocycles. The first-order valence-electron chi connectivity index (χ1n) is 7.20. The largest absolute Gasteiger partial charge is 0.497 e. The molecular formula is C18H20O5. The number of aliphatic carboxylic acids is 1. The number of rotatable bonds is 6. The maximum absolute atomic E-state index is 10.6. The molecule has 0 aliphatic rings. The molecule has 0 radical (unpaired) electrons. The molecule has 0 saturated heterocycles. The Kier molecular flexibility index (Phi) is 5.24. The number of aliphatic hydroxyl groups is 1. The van der Waals surface area contributed by atoms with Gasteiger partial charge in [0.1, 0.15) is 17.6 Å². The van der Waals surface area contributed by atoms with Crippen molar-refractivity contribution in [2.45, 2.75) is 20.0 Å². The highest BCUT2D eigenvalue weighted by atomic mass is 16.5. The first-order chi connectivity index (χ1) is 10.9. The van der Waals surface area contributed by atoms with Crippen LogP contribution in [-0.2, 0) is 4.79 Å². The van der Waals surface area contributed by atoms with Crippen LogP contribution in [0.3, 0.4) is 0 Å². The van der Waals surface area contributed by atoms with Crippen LogP contribution < -0.4 is 9.47 Å². The Bertz CT molecular complexity index is 668. The van der Waals surface area contributed by atoms with Gasteiger partial charge >= 0.3 is 5.97 Å². The van der Waals surface area contributed by atoms with E-state index < -0.39 is 12.1 Å². The van der Waals surface area contributed by atoms with Gasteiger partial charge in [-0.25, -0.2) is 4.79 Å². The lowest BCUT2D eigenvalue weighted by atomic mass is 9.97. The summed E-state index contributed by atoms with van der Waals surface area (Å²) >= 11 is 0. The standard InChI is InChI=1S/C18H20O5/c1-11-8-14(9-12(2)18(11)23-10-16(19)20)17(21)13-4-6-15(22-3)7-5-13/h4-9,17,21H,10H2,1-3H3,(H,19,20). The summed E-state index contributed by atoms with van der Waals surface area (Å²) in [4.78, 5) is 10.6. The van der Waals surface area contributed by atoms with Crippen LogP contribution in [-0.4, -0.2) is 29.9 Å². The van der Waals surface area contributed by atoms with E-state index in [9.17, 15) is 9.90 Å². The highest BCUT2D eigenvalue weighted by Gasteiger charge is 2.15. The van der Waals surface area contributed by atoms with E-state index in [1.165, 1.54) is 0 Å². The summed E-state index contributed by atoms with van der Waals surface area (Å²) in [6, 6.07) is 10.8. The summed E-state index contributed by atoms with van der Waals surface area (Å²) < 4.78 is 10.4. The molecule has 0 aromatic heterocycles. The van der Waals surface area contributed by atoms with Gasteiger partial charge in [-0.05, 0) is 60.4 Å². The van der Waals surface area contributed by atoms with Crippen LogP contribution in [0, 0.1) is 13.8 Å². The molecule has 0 amide bonds. The van der Waals surface area contributed by atoms with Crippen LogP contribution in [0.1, 0.15) is 28.4 Å². The van der Waals surface area contributed by atoms with Gasteiger partial charge in [-0.1, -0.05) is 12.1 Å². The molecule has 5 nitrogen and oxygen atoms in total.